The summed E-state index contributed by atoms with van der Waals surface area (Å²) in [4.78, 5) is 24.3. The van der Waals surface area contributed by atoms with Gasteiger partial charge in [0.05, 0.1) is 11.5 Å². The Labute approximate surface area is 181 Å². The fourth-order valence-electron chi connectivity index (χ4n) is 2.68. The molecular weight excluding hydrogens is 423 g/mol. The number of benzene rings is 2. The van der Waals surface area contributed by atoms with Crippen molar-refractivity contribution in [3.8, 4) is 11.5 Å². The summed E-state index contributed by atoms with van der Waals surface area (Å²) in [7, 11) is 6.68. The third-order valence-electron chi connectivity index (χ3n) is 4.37. The van der Waals surface area contributed by atoms with Crippen LogP contribution >= 0.6 is 7.67 Å². The van der Waals surface area contributed by atoms with Crippen LogP contribution in [0.3, 0.4) is 0 Å². The Morgan fingerprint density at radius 3 is 2.06 bits per heavy atom. The van der Waals surface area contributed by atoms with Crippen LogP contribution in [0.5, 0.6) is 11.5 Å². The third-order valence-corrected chi connectivity index (χ3v) is 6.85. The molecule has 0 saturated carbocycles. The molecule has 31 heavy (non-hydrogen) atoms. The second kappa shape index (κ2) is 10.0. The van der Waals surface area contributed by atoms with Crippen molar-refractivity contribution in [2.24, 2.45) is 0 Å². The second-order valence-electron chi connectivity index (χ2n) is 7.34. The lowest BCUT2D eigenvalue weighted by atomic mass is 10.2. The predicted octanol–water partition coefficient (Wildman–Crippen LogP) is 3.84. The highest BCUT2D eigenvalue weighted by molar-refractivity contribution is 7.53. The maximum atomic E-state index is 12.9. The highest BCUT2D eigenvalue weighted by Crippen LogP contribution is 2.51. The molecule has 0 aliphatic heterocycles. The monoisotopic (exact) mass is 450 g/mol. The van der Waals surface area contributed by atoms with E-state index in [0.717, 1.165) is 0 Å². The van der Waals surface area contributed by atoms with E-state index in [-0.39, 0.29) is 24.0 Å². The van der Waals surface area contributed by atoms with Gasteiger partial charge in [0, 0.05) is 25.7 Å². The molecular formula is C20H27N4O6P. The largest absolute Gasteiger partial charge is 0.450 e. The van der Waals surface area contributed by atoms with Gasteiger partial charge in [0.15, 0.2) is 0 Å². The summed E-state index contributed by atoms with van der Waals surface area (Å²) in [6.45, 7) is -0.0295. The van der Waals surface area contributed by atoms with Crippen LogP contribution in [0.4, 0.5) is 5.69 Å². The van der Waals surface area contributed by atoms with Crippen LogP contribution in [-0.2, 0) is 15.7 Å². The molecule has 0 spiro atoms. The van der Waals surface area contributed by atoms with Crippen LogP contribution in [-0.4, -0.2) is 67.4 Å². The van der Waals surface area contributed by atoms with E-state index in [1.54, 1.807) is 66.6 Å². The summed E-state index contributed by atoms with van der Waals surface area (Å²) >= 11 is 0. The molecule has 168 valence electrons. The Hall–Kier alpha value is -2.78. The van der Waals surface area contributed by atoms with E-state index in [4.69, 9.17) is 9.26 Å². The van der Waals surface area contributed by atoms with E-state index in [0.29, 0.717) is 16.9 Å². The van der Waals surface area contributed by atoms with Crippen LogP contribution in [0.2, 0.25) is 0 Å². The summed E-state index contributed by atoms with van der Waals surface area (Å²) in [5.74, 6) is 0.189. The number of hydrogen-bond donors (Lipinski definition) is 0. The molecule has 0 heterocycles. The molecule has 10 nitrogen and oxygen atoms in total. The second-order valence-corrected chi connectivity index (χ2v) is 10.2. The maximum Gasteiger partial charge on any atom is 0.345 e. The van der Waals surface area contributed by atoms with E-state index in [1.165, 1.54) is 32.4 Å². The molecule has 0 fully saturated rings. The molecule has 0 N–H and O–H groups in total. The lowest BCUT2D eigenvalue weighted by Crippen LogP contribution is -2.22. The van der Waals surface area contributed by atoms with Gasteiger partial charge in [0.1, 0.15) is 5.75 Å². The standard InChI is InChI=1S/C20H27N4O6P/c1-21(2)20(25)16-8-10-17(11-9-16)30-19-13-15(7-12-18(19)24(26)27)14-29-31(28,22(3)4)23(5)6/h7-13H,14H2,1-6H3. The zero-order chi connectivity index (χ0) is 23.3. The number of amides is 1. The van der Waals surface area contributed by atoms with Crippen LogP contribution in [0.15, 0.2) is 42.5 Å². The lowest BCUT2D eigenvalue weighted by Gasteiger charge is -2.29. The molecule has 2 rings (SSSR count). The third kappa shape index (κ3) is 5.89. The van der Waals surface area contributed by atoms with E-state index < -0.39 is 12.6 Å². The van der Waals surface area contributed by atoms with Gasteiger partial charge in [-0.1, -0.05) is 0 Å². The zero-order valence-corrected chi connectivity index (χ0v) is 19.3. The topological polar surface area (TPSA) is 105 Å². The molecule has 0 atom stereocenters. The van der Waals surface area contributed by atoms with Gasteiger partial charge in [-0.15, -0.1) is 0 Å². The van der Waals surface area contributed by atoms with Crippen LogP contribution in [0.1, 0.15) is 15.9 Å². The van der Waals surface area contributed by atoms with Gasteiger partial charge in [0.25, 0.3) is 5.91 Å². The maximum absolute atomic E-state index is 12.9. The van der Waals surface area contributed by atoms with Gasteiger partial charge in [-0.25, -0.2) is 9.34 Å². The smallest absolute Gasteiger partial charge is 0.345 e. The highest BCUT2D eigenvalue weighted by Gasteiger charge is 2.29. The first-order valence-corrected chi connectivity index (χ1v) is 10.9. The summed E-state index contributed by atoms with van der Waals surface area (Å²) in [6.07, 6.45) is 0. The minimum absolute atomic E-state index is 0.0160. The zero-order valence-electron chi connectivity index (χ0n) is 18.4. The molecule has 11 heteroatoms. The van der Waals surface area contributed by atoms with E-state index in [2.05, 4.69) is 0 Å². The molecule has 0 bridgehead atoms. The lowest BCUT2D eigenvalue weighted by molar-refractivity contribution is -0.385. The summed E-state index contributed by atoms with van der Waals surface area (Å²) in [5.41, 5.74) is 0.807. The van der Waals surface area contributed by atoms with Gasteiger partial charge >= 0.3 is 13.4 Å². The van der Waals surface area contributed by atoms with Crippen molar-refractivity contribution in [3.05, 3.63) is 63.7 Å². The molecule has 0 aromatic heterocycles. The molecule has 0 aliphatic carbocycles. The Morgan fingerprint density at radius 1 is 1.00 bits per heavy atom. The number of nitro benzene ring substituents is 1. The molecule has 0 saturated heterocycles. The SMILES string of the molecule is CN(C)C(=O)c1ccc(Oc2cc(COP(=O)(N(C)C)N(C)C)ccc2[N+](=O)[O-])cc1. The molecule has 2 aromatic rings. The molecule has 1 amide bonds. The molecule has 0 aliphatic rings. The van der Waals surface area contributed by atoms with E-state index >= 15 is 0 Å². The number of ether oxygens (including phenoxy) is 1. The summed E-state index contributed by atoms with van der Waals surface area (Å²) in [5, 5.41) is 11.4. The number of rotatable bonds is 9. The Balaban J connectivity index is 2.27. The summed E-state index contributed by atoms with van der Waals surface area (Å²) in [6, 6.07) is 10.6. The number of carbonyl (C=O) groups is 1. The van der Waals surface area contributed by atoms with Crippen molar-refractivity contribution in [2.45, 2.75) is 6.61 Å². The van der Waals surface area contributed by atoms with E-state index in [1.807, 2.05) is 0 Å². The van der Waals surface area contributed by atoms with Crippen LogP contribution in [0, 0.1) is 10.1 Å². The first kappa shape index (κ1) is 24.5. The Morgan fingerprint density at radius 2 is 1.58 bits per heavy atom. The van der Waals surface area contributed by atoms with Crippen molar-refractivity contribution in [1.29, 1.82) is 0 Å². The molecule has 2 aromatic carbocycles. The van der Waals surface area contributed by atoms with E-state index in [9.17, 15) is 19.5 Å². The van der Waals surface area contributed by atoms with Crippen molar-refractivity contribution >= 4 is 19.3 Å². The van der Waals surface area contributed by atoms with Crippen LogP contribution in [0.25, 0.3) is 0 Å². The predicted molar refractivity (Wildman–Crippen MR) is 117 cm³/mol. The Bertz CT molecular complexity index is 980. The average molecular weight is 450 g/mol. The van der Waals surface area contributed by atoms with Crippen LogP contribution < -0.4 is 4.74 Å². The fourth-order valence-corrected chi connectivity index (χ4v) is 4.17. The van der Waals surface area contributed by atoms with Gasteiger partial charge < -0.3 is 14.2 Å². The number of nitro groups is 1. The summed E-state index contributed by atoms with van der Waals surface area (Å²) < 4.78 is 27.3. The van der Waals surface area contributed by atoms with Crippen molar-refractivity contribution in [3.63, 3.8) is 0 Å². The minimum Gasteiger partial charge on any atom is -0.450 e. The van der Waals surface area contributed by atoms with Crippen molar-refractivity contribution in [2.75, 3.05) is 42.3 Å². The highest BCUT2D eigenvalue weighted by atomic mass is 31.2. The number of nitrogens with zero attached hydrogens (tertiary/aromatic N) is 4. The molecule has 0 unspecified atom stereocenters. The average Bonchev–Trinajstić information content (AvgIpc) is 2.71. The van der Waals surface area contributed by atoms with Crippen molar-refractivity contribution < 1.29 is 23.5 Å². The minimum atomic E-state index is -3.21. The van der Waals surface area contributed by atoms with Gasteiger partial charge in [0.2, 0.25) is 5.75 Å². The van der Waals surface area contributed by atoms with Gasteiger partial charge in [-0.05, 0) is 70.2 Å². The van der Waals surface area contributed by atoms with Gasteiger partial charge in [-0.2, -0.15) is 0 Å². The first-order chi connectivity index (χ1) is 14.5. The van der Waals surface area contributed by atoms with Gasteiger partial charge in [-0.3, -0.25) is 19.5 Å². The number of carbonyl (C=O) groups excluding carboxylic acids is 1. The van der Waals surface area contributed by atoms with Crippen molar-refractivity contribution in [1.82, 2.24) is 14.2 Å². The quantitative estimate of drug-likeness (QED) is 0.322. The number of hydrogen-bond acceptors (Lipinski definition) is 6. The normalized spacial score (nSPS) is 11.6. The fraction of sp³-hybridized carbons (Fsp3) is 0.350. The Kier molecular flexibility index (Phi) is 7.91. The molecule has 0 radical (unpaired) electrons. The first-order valence-electron chi connectivity index (χ1n) is 9.32.